The third-order valence-electron chi connectivity index (χ3n) is 7.78. The van der Waals surface area contributed by atoms with Crippen molar-refractivity contribution < 1.29 is 9.59 Å². The van der Waals surface area contributed by atoms with Crippen LogP contribution >= 0.6 is 0 Å². The number of hydrogen-bond donors (Lipinski definition) is 0. The van der Waals surface area contributed by atoms with E-state index in [-0.39, 0.29) is 0 Å². The van der Waals surface area contributed by atoms with Crippen molar-refractivity contribution in [1.82, 2.24) is 24.5 Å². The zero-order chi connectivity index (χ0) is 24.0. The fraction of sp³-hybridized carbons (Fsp3) is 0.846. The van der Waals surface area contributed by atoms with Crippen molar-refractivity contribution in [3.63, 3.8) is 0 Å². The highest BCUT2D eigenvalue weighted by molar-refractivity contribution is 5.96. The molecule has 3 fully saturated rings. The summed E-state index contributed by atoms with van der Waals surface area (Å²) in [4.78, 5) is 37.5. The molecule has 1 saturated carbocycles. The van der Waals surface area contributed by atoms with Crippen LogP contribution in [0.25, 0.3) is 0 Å². The number of carbonyl (C=O) groups excluding carboxylic acids is 2. The maximum Gasteiger partial charge on any atom is 0.222 e. The molecular weight excluding hydrogens is 414 g/mol. The average molecular weight is 462 g/mol. The van der Waals surface area contributed by atoms with Gasteiger partial charge in [-0.3, -0.25) is 19.4 Å². The van der Waals surface area contributed by atoms with Crippen LogP contribution in [-0.4, -0.2) is 122 Å². The molecule has 0 unspecified atom stereocenters. The normalized spacial score (nSPS) is 28.7. The van der Waals surface area contributed by atoms with Gasteiger partial charge in [-0.15, -0.1) is 0 Å². The molecule has 33 heavy (non-hydrogen) atoms. The lowest BCUT2D eigenvalue weighted by Crippen LogP contribution is -2.53. The summed E-state index contributed by atoms with van der Waals surface area (Å²) in [5, 5.41) is 0. The van der Waals surface area contributed by atoms with Crippen LogP contribution in [0, 0.1) is 11.8 Å². The van der Waals surface area contributed by atoms with E-state index in [0.717, 1.165) is 83.7 Å². The van der Waals surface area contributed by atoms with E-state index in [1.807, 2.05) is 25.2 Å². The summed E-state index contributed by atoms with van der Waals surface area (Å²) in [7, 11) is 6.15. The molecule has 0 radical (unpaired) electrons. The smallest absolute Gasteiger partial charge is 0.222 e. The van der Waals surface area contributed by atoms with Crippen LogP contribution in [0.1, 0.15) is 46.0 Å². The Morgan fingerprint density at radius 1 is 1.09 bits per heavy atom. The van der Waals surface area contributed by atoms with Crippen molar-refractivity contribution in [2.24, 2.45) is 11.8 Å². The molecule has 2 aliphatic heterocycles. The highest BCUT2D eigenvalue weighted by Crippen LogP contribution is 2.39. The summed E-state index contributed by atoms with van der Waals surface area (Å²) < 4.78 is 0. The predicted octanol–water partition coefficient (Wildman–Crippen LogP) is 2.00. The lowest BCUT2D eigenvalue weighted by molar-refractivity contribution is -0.133. The number of likely N-dealkylation sites (tertiary alicyclic amines) is 1. The molecule has 3 rings (SSSR count). The van der Waals surface area contributed by atoms with Gasteiger partial charge in [-0.05, 0) is 51.6 Å². The van der Waals surface area contributed by atoms with Gasteiger partial charge < -0.3 is 14.7 Å². The maximum atomic E-state index is 13.2. The van der Waals surface area contributed by atoms with Crippen LogP contribution in [0.4, 0.5) is 0 Å². The Balaban J connectivity index is 1.57. The quantitative estimate of drug-likeness (QED) is 0.490. The van der Waals surface area contributed by atoms with Crippen LogP contribution in [0.2, 0.25) is 0 Å². The predicted molar refractivity (Wildman–Crippen MR) is 134 cm³/mol. The highest BCUT2D eigenvalue weighted by atomic mass is 16.2. The summed E-state index contributed by atoms with van der Waals surface area (Å²) in [5.74, 6) is 1.34. The van der Waals surface area contributed by atoms with E-state index in [4.69, 9.17) is 0 Å². The Kier molecular flexibility index (Phi) is 9.77. The number of piperazine rings is 1. The summed E-state index contributed by atoms with van der Waals surface area (Å²) >= 11 is 0. The van der Waals surface area contributed by atoms with Gasteiger partial charge >= 0.3 is 0 Å². The SMILES string of the molecule is CCCN1C[C@@H](CC(=O)N(CC)CCN2CCN(C)CC2)C[C@@H]2CC(=O)C(=CN(C)C)C[C@H]21. The Morgan fingerprint density at radius 3 is 2.45 bits per heavy atom. The van der Waals surface area contributed by atoms with Gasteiger partial charge in [0.05, 0.1) is 0 Å². The van der Waals surface area contributed by atoms with E-state index in [0.29, 0.717) is 42.4 Å². The van der Waals surface area contributed by atoms with Crippen LogP contribution in [0.5, 0.6) is 0 Å². The van der Waals surface area contributed by atoms with E-state index in [1.54, 1.807) is 0 Å². The fourth-order valence-electron chi connectivity index (χ4n) is 5.95. The molecule has 3 aliphatic rings. The first kappa shape index (κ1) is 26.2. The molecule has 0 spiro atoms. The van der Waals surface area contributed by atoms with Gasteiger partial charge in [0.1, 0.15) is 0 Å². The third kappa shape index (κ3) is 7.27. The van der Waals surface area contributed by atoms with Crippen molar-refractivity contribution >= 4 is 11.7 Å². The number of ketones is 1. The van der Waals surface area contributed by atoms with Crippen LogP contribution in [-0.2, 0) is 9.59 Å². The van der Waals surface area contributed by atoms with Gasteiger partial charge in [0, 0.05) is 97.1 Å². The number of amides is 1. The average Bonchev–Trinajstić information content (AvgIpc) is 2.76. The molecule has 188 valence electrons. The minimum atomic E-state index is 0.293. The number of nitrogens with zero attached hydrogens (tertiary/aromatic N) is 5. The van der Waals surface area contributed by atoms with Gasteiger partial charge in [0.2, 0.25) is 5.91 Å². The van der Waals surface area contributed by atoms with Gasteiger partial charge in [0.25, 0.3) is 0 Å². The van der Waals surface area contributed by atoms with Crippen molar-refractivity contribution in [3.05, 3.63) is 11.8 Å². The highest BCUT2D eigenvalue weighted by Gasteiger charge is 2.41. The number of fused-ring (bicyclic) bond motifs is 1. The first-order valence-corrected chi connectivity index (χ1v) is 13.1. The number of rotatable bonds is 9. The van der Waals surface area contributed by atoms with Gasteiger partial charge in [-0.2, -0.15) is 0 Å². The Bertz CT molecular complexity index is 686. The second kappa shape index (κ2) is 12.3. The van der Waals surface area contributed by atoms with E-state index in [1.165, 1.54) is 0 Å². The lowest BCUT2D eigenvalue weighted by atomic mass is 9.72. The van der Waals surface area contributed by atoms with Crippen LogP contribution in [0.15, 0.2) is 11.8 Å². The summed E-state index contributed by atoms with van der Waals surface area (Å²) in [5.41, 5.74) is 0.970. The van der Waals surface area contributed by atoms with Crippen molar-refractivity contribution in [2.45, 2.75) is 52.0 Å². The topological polar surface area (TPSA) is 50.3 Å². The largest absolute Gasteiger partial charge is 0.383 e. The molecule has 1 amide bonds. The van der Waals surface area contributed by atoms with E-state index < -0.39 is 0 Å². The standard InChI is InChI=1S/C26H47N5O2/c1-6-8-31-19-21(15-22-18-25(32)23(17-24(22)31)20-27(3)4)16-26(33)30(7-2)14-13-29-11-9-28(5)10-12-29/h20-22,24H,6-19H2,1-5H3/t21-,22-,24-/m1/s1. The van der Waals surface area contributed by atoms with Gasteiger partial charge in [0.15, 0.2) is 5.78 Å². The number of hydrogen-bond acceptors (Lipinski definition) is 6. The van der Waals surface area contributed by atoms with E-state index in [2.05, 4.69) is 40.5 Å². The molecule has 7 heteroatoms. The number of Topliss-reactive ketones (excluding diaryl/α,β-unsaturated/α-hetero) is 1. The minimum absolute atomic E-state index is 0.293. The van der Waals surface area contributed by atoms with Gasteiger partial charge in [-0.25, -0.2) is 0 Å². The molecule has 3 atom stereocenters. The third-order valence-corrected chi connectivity index (χ3v) is 7.78. The molecule has 2 saturated heterocycles. The summed E-state index contributed by atoms with van der Waals surface area (Å²) in [6.45, 7) is 13.4. The van der Waals surface area contributed by atoms with E-state index >= 15 is 0 Å². The number of likely N-dealkylation sites (N-methyl/N-ethyl adjacent to an activating group) is 2. The zero-order valence-corrected chi connectivity index (χ0v) is 21.8. The van der Waals surface area contributed by atoms with Crippen molar-refractivity contribution in [1.29, 1.82) is 0 Å². The Morgan fingerprint density at radius 2 is 1.82 bits per heavy atom. The zero-order valence-electron chi connectivity index (χ0n) is 21.8. The maximum absolute atomic E-state index is 13.2. The van der Waals surface area contributed by atoms with Crippen LogP contribution < -0.4 is 0 Å². The summed E-state index contributed by atoms with van der Waals surface area (Å²) in [6, 6.07) is 0.444. The molecule has 0 N–H and O–H groups in total. The Labute approximate surface area is 201 Å². The monoisotopic (exact) mass is 461 g/mol. The molecule has 1 aliphatic carbocycles. The van der Waals surface area contributed by atoms with Gasteiger partial charge in [-0.1, -0.05) is 6.92 Å². The molecule has 0 aromatic carbocycles. The first-order chi connectivity index (χ1) is 15.8. The second-order valence-corrected chi connectivity index (χ2v) is 10.7. The number of carbonyl (C=O) groups is 2. The molecule has 0 aromatic rings. The molecule has 0 bridgehead atoms. The molecule has 7 nitrogen and oxygen atoms in total. The molecule has 2 heterocycles. The van der Waals surface area contributed by atoms with Crippen molar-refractivity contribution in [3.8, 4) is 0 Å². The van der Waals surface area contributed by atoms with E-state index in [9.17, 15) is 9.59 Å². The van der Waals surface area contributed by atoms with Crippen molar-refractivity contribution in [2.75, 3.05) is 80.0 Å². The molecule has 0 aromatic heterocycles. The lowest BCUT2D eigenvalue weighted by Gasteiger charge is -2.47. The molecular formula is C26H47N5O2. The fourth-order valence-corrected chi connectivity index (χ4v) is 5.95. The van der Waals surface area contributed by atoms with Crippen LogP contribution in [0.3, 0.4) is 0 Å². The minimum Gasteiger partial charge on any atom is -0.383 e. The second-order valence-electron chi connectivity index (χ2n) is 10.7. The first-order valence-electron chi connectivity index (χ1n) is 13.1. The Hall–Kier alpha value is -1.44. The number of piperidine rings is 1. The summed E-state index contributed by atoms with van der Waals surface area (Å²) in [6.07, 6.45) is 6.24.